The van der Waals surface area contributed by atoms with E-state index >= 15 is 0 Å². The molecule has 1 rings (SSSR count). The summed E-state index contributed by atoms with van der Waals surface area (Å²) >= 11 is 0.188. The number of rotatable bonds is 3. The summed E-state index contributed by atoms with van der Waals surface area (Å²) in [4.78, 5) is 10.8. The molecule has 16 heavy (non-hydrogen) atoms. The van der Waals surface area contributed by atoms with E-state index in [4.69, 9.17) is 0 Å². The number of nitrogens with zero attached hydrogens (tertiary/aromatic N) is 2. The Hall–Kier alpha value is -1.45. The molecule has 0 spiro atoms. The van der Waals surface area contributed by atoms with Crippen LogP contribution in [-0.4, -0.2) is 29.7 Å². The second kappa shape index (κ2) is 4.60. The van der Waals surface area contributed by atoms with Crippen molar-refractivity contribution in [2.24, 2.45) is 0 Å². The van der Waals surface area contributed by atoms with Crippen molar-refractivity contribution in [3.8, 4) is 0 Å². The molecule has 0 bridgehead atoms. The molecule has 0 aromatic carbocycles. The molecule has 0 saturated heterocycles. The third-order valence-electron chi connectivity index (χ3n) is 1.43. The highest BCUT2D eigenvalue weighted by atomic mass is 32.1. The predicted octanol–water partition coefficient (Wildman–Crippen LogP) is 1.65. The van der Waals surface area contributed by atoms with E-state index in [0.29, 0.717) is 0 Å². The highest BCUT2D eigenvalue weighted by molar-refractivity contribution is 7.15. The van der Waals surface area contributed by atoms with Crippen molar-refractivity contribution < 1.29 is 22.4 Å². The number of amides is 2. The van der Waals surface area contributed by atoms with Crippen molar-refractivity contribution in [2.75, 3.05) is 12.4 Å². The first-order valence-corrected chi connectivity index (χ1v) is 4.68. The van der Waals surface area contributed by atoms with Crippen molar-refractivity contribution in [2.45, 2.75) is 12.3 Å². The van der Waals surface area contributed by atoms with Gasteiger partial charge in [0.2, 0.25) is 5.13 Å². The van der Waals surface area contributed by atoms with Crippen LogP contribution in [0.2, 0.25) is 0 Å². The summed E-state index contributed by atoms with van der Waals surface area (Å²) in [6, 6.07) is -0.705. The van der Waals surface area contributed by atoms with Crippen LogP contribution in [-0.2, 0) is 5.92 Å². The van der Waals surface area contributed by atoms with Crippen LogP contribution in [0.1, 0.15) is 5.01 Å². The van der Waals surface area contributed by atoms with Gasteiger partial charge < -0.3 is 5.32 Å². The van der Waals surface area contributed by atoms with Gasteiger partial charge in [0.25, 0.3) is 0 Å². The fourth-order valence-corrected chi connectivity index (χ4v) is 1.38. The molecule has 0 fully saturated rings. The third-order valence-corrected chi connectivity index (χ3v) is 2.36. The van der Waals surface area contributed by atoms with Crippen molar-refractivity contribution in [1.82, 2.24) is 15.5 Å². The Morgan fingerprint density at radius 2 is 2.06 bits per heavy atom. The summed E-state index contributed by atoms with van der Waals surface area (Å²) in [5.74, 6) is -4.36. The maximum atomic E-state index is 12.7. The molecule has 2 N–H and O–H groups in total. The topological polar surface area (TPSA) is 66.9 Å². The van der Waals surface area contributed by atoms with Crippen LogP contribution in [0.25, 0.3) is 0 Å². The highest BCUT2D eigenvalue weighted by Crippen LogP contribution is 2.37. The predicted molar refractivity (Wildman–Crippen MR) is 47.9 cm³/mol. The minimum absolute atomic E-state index is 0.188. The van der Waals surface area contributed by atoms with Gasteiger partial charge in [-0.1, -0.05) is 11.3 Å². The minimum atomic E-state index is -4.36. The summed E-state index contributed by atoms with van der Waals surface area (Å²) < 4.78 is 49.3. The van der Waals surface area contributed by atoms with Gasteiger partial charge in [0, 0.05) is 7.05 Å². The van der Waals surface area contributed by atoms with E-state index in [1.807, 2.05) is 5.32 Å². The fraction of sp³-hybridized carbons (Fsp3) is 0.500. The highest BCUT2D eigenvalue weighted by Gasteiger charge is 2.46. The zero-order valence-corrected chi connectivity index (χ0v) is 8.62. The molecule has 90 valence electrons. The van der Waals surface area contributed by atoms with Gasteiger partial charge in [0.1, 0.15) is 0 Å². The number of urea groups is 1. The molecule has 0 atom stereocenters. The van der Waals surface area contributed by atoms with Gasteiger partial charge in [0.15, 0.2) is 5.01 Å². The lowest BCUT2D eigenvalue weighted by molar-refractivity contribution is -0.135. The Labute approximate surface area is 90.9 Å². The van der Waals surface area contributed by atoms with Crippen molar-refractivity contribution >= 4 is 22.5 Å². The molecule has 2 amide bonds. The molecule has 0 saturated carbocycles. The Morgan fingerprint density at radius 3 is 2.56 bits per heavy atom. The van der Waals surface area contributed by atoms with Crippen LogP contribution in [0.3, 0.4) is 0 Å². The molecule has 5 nitrogen and oxygen atoms in total. The second-order valence-electron chi connectivity index (χ2n) is 2.54. The molecule has 10 heteroatoms. The van der Waals surface area contributed by atoms with E-state index in [9.17, 15) is 22.4 Å². The van der Waals surface area contributed by atoms with Crippen LogP contribution in [0.4, 0.5) is 27.5 Å². The molecule has 0 aliphatic heterocycles. The number of hydrogen-bond acceptors (Lipinski definition) is 4. The van der Waals surface area contributed by atoms with Crippen LogP contribution < -0.4 is 10.6 Å². The average molecular weight is 258 g/mol. The molecule has 0 radical (unpaired) electrons. The first kappa shape index (κ1) is 12.6. The smallest absolute Gasteiger partial charge is 0.341 e. The summed E-state index contributed by atoms with van der Waals surface area (Å²) in [5, 5.41) is 8.78. The number of aromatic nitrogens is 2. The quantitative estimate of drug-likeness (QED) is 0.810. The average Bonchev–Trinajstić information content (AvgIpc) is 2.66. The van der Waals surface area contributed by atoms with E-state index in [0.717, 1.165) is 0 Å². The molecular weight excluding hydrogens is 252 g/mol. The lowest BCUT2D eigenvalue weighted by atomic mass is 10.4. The number of alkyl halides is 4. The van der Waals surface area contributed by atoms with Gasteiger partial charge in [0.05, 0.1) is 0 Å². The molecule has 0 aliphatic rings. The van der Waals surface area contributed by atoms with E-state index in [1.165, 1.54) is 7.05 Å². The molecule has 0 unspecified atom stereocenters. The molecule has 0 aliphatic carbocycles. The fourth-order valence-electron chi connectivity index (χ4n) is 0.661. The Balaban J connectivity index is 2.83. The number of carbonyl (C=O) groups excluding carboxylic acids is 1. The van der Waals surface area contributed by atoms with Gasteiger partial charge in [-0.15, -0.1) is 10.2 Å². The van der Waals surface area contributed by atoms with Crippen molar-refractivity contribution in [3.63, 3.8) is 0 Å². The van der Waals surface area contributed by atoms with Gasteiger partial charge in [-0.05, 0) is 0 Å². The lowest BCUT2D eigenvalue weighted by Gasteiger charge is -2.09. The van der Waals surface area contributed by atoms with E-state index < -0.39 is 23.4 Å². The molecule has 1 heterocycles. The summed E-state index contributed by atoms with van der Waals surface area (Å²) in [7, 11) is 1.30. The minimum Gasteiger partial charge on any atom is -0.341 e. The number of nitrogens with one attached hydrogen (secondary N) is 2. The Bertz CT molecular complexity index is 382. The summed E-state index contributed by atoms with van der Waals surface area (Å²) in [6.07, 6.45) is -3.87. The first-order valence-electron chi connectivity index (χ1n) is 3.86. The Morgan fingerprint density at radius 1 is 1.44 bits per heavy atom. The monoisotopic (exact) mass is 258 g/mol. The normalized spacial score (nSPS) is 11.6. The zero-order valence-electron chi connectivity index (χ0n) is 7.80. The summed E-state index contributed by atoms with van der Waals surface area (Å²) in [5.41, 5.74) is 0. The second-order valence-corrected chi connectivity index (χ2v) is 3.52. The standard InChI is InChI=1S/C6H6F4N4OS/c1-11-4(15)12-5-14-13-3(16-5)6(9,10)2(7)8/h2H,1H3,(H2,11,12,14,15). The number of anilines is 1. The maximum absolute atomic E-state index is 12.7. The number of halogens is 4. The van der Waals surface area contributed by atoms with Gasteiger partial charge >= 0.3 is 18.4 Å². The van der Waals surface area contributed by atoms with Gasteiger partial charge in [-0.25, -0.2) is 13.6 Å². The van der Waals surface area contributed by atoms with Crippen LogP contribution in [0.15, 0.2) is 0 Å². The maximum Gasteiger partial charge on any atom is 0.360 e. The Kier molecular flexibility index (Phi) is 3.62. The SMILES string of the molecule is CNC(=O)Nc1nnc(C(F)(F)C(F)F)s1. The van der Waals surface area contributed by atoms with Gasteiger partial charge in [-0.2, -0.15) is 8.78 Å². The van der Waals surface area contributed by atoms with Crippen LogP contribution in [0.5, 0.6) is 0 Å². The number of carbonyl (C=O) groups is 1. The third kappa shape index (κ3) is 2.56. The molecule has 1 aromatic heterocycles. The van der Waals surface area contributed by atoms with Crippen LogP contribution in [0, 0.1) is 0 Å². The number of hydrogen-bond donors (Lipinski definition) is 2. The van der Waals surface area contributed by atoms with Gasteiger partial charge in [-0.3, -0.25) is 5.32 Å². The van der Waals surface area contributed by atoms with Crippen LogP contribution >= 0.6 is 11.3 Å². The van der Waals surface area contributed by atoms with Crippen molar-refractivity contribution in [1.29, 1.82) is 0 Å². The largest absolute Gasteiger partial charge is 0.360 e. The van der Waals surface area contributed by atoms with E-state index in [1.54, 1.807) is 0 Å². The van der Waals surface area contributed by atoms with E-state index in [2.05, 4.69) is 15.5 Å². The molecular formula is C6H6F4N4OS. The van der Waals surface area contributed by atoms with E-state index in [-0.39, 0.29) is 16.5 Å². The summed E-state index contributed by atoms with van der Waals surface area (Å²) in [6.45, 7) is 0. The zero-order chi connectivity index (χ0) is 12.3. The first-order chi connectivity index (χ1) is 7.37. The lowest BCUT2D eigenvalue weighted by Crippen LogP contribution is -2.24. The molecule has 1 aromatic rings. The van der Waals surface area contributed by atoms with Crippen molar-refractivity contribution in [3.05, 3.63) is 5.01 Å².